The molecule has 0 bridgehead atoms. The molecule has 150 valence electrons. The summed E-state index contributed by atoms with van der Waals surface area (Å²) in [7, 11) is -3.62. The van der Waals surface area contributed by atoms with E-state index in [0.717, 1.165) is 0 Å². The highest BCUT2D eigenvalue weighted by atomic mass is 32.2. The first-order chi connectivity index (χ1) is 13.4. The van der Waals surface area contributed by atoms with Crippen molar-refractivity contribution >= 4 is 33.4 Å². The van der Waals surface area contributed by atoms with E-state index in [1.807, 2.05) is 0 Å². The second-order valence-corrected chi connectivity index (χ2v) is 8.90. The summed E-state index contributed by atoms with van der Waals surface area (Å²) < 4.78 is 56.3. The summed E-state index contributed by atoms with van der Waals surface area (Å²) in [6.45, 7) is 1.30. The molecule has 1 aliphatic heterocycles. The minimum atomic E-state index is -3.62. The molecule has 0 atom stereocenters. The predicted octanol–water partition coefficient (Wildman–Crippen LogP) is 3.27. The zero-order chi connectivity index (χ0) is 20.1. The van der Waals surface area contributed by atoms with E-state index in [2.05, 4.69) is 5.32 Å². The van der Waals surface area contributed by atoms with Crippen molar-refractivity contribution in [3.8, 4) is 0 Å². The molecule has 1 aliphatic rings. The fourth-order valence-corrected chi connectivity index (χ4v) is 4.54. The van der Waals surface area contributed by atoms with Crippen LogP contribution in [0.4, 0.5) is 14.5 Å². The minimum absolute atomic E-state index is 0.110. The maximum atomic E-state index is 12.6. The average Bonchev–Trinajstić information content (AvgIpc) is 2.70. The molecule has 1 fully saturated rings. The van der Waals surface area contributed by atoms with Gasteiger partial charge in [0.05, 0.1) is 18.1 Å². The lowest BCUT2D eigenvalue weighted by Gasteiger charge is -2.26. The molecule has 10 heteroatoms. The van der Waals surface area contributed by atoms with Crippen LogP contribution in [0, 0.1) is 0 Å². The zero-order valence-electron chi connectivity index (χ0n) is 14.7. The number of hydrogen-bond donors (Lipinski definition) is 1. The van der Waals surface area contributed by atoms with Gasteiger partial charge in [-0.25, -0.2) is 8.42 Å². The number of thioether (sulfide) groups is 1. The molecule has 2 aromatic carbocycles. The van der Waals surface area contributed by atoms with Gasteiger partial charge in [-0.3, -0.25) is 4.79 Å². The monoisotopic (exact) mass is 428 g/mol. The number of carbonyl (C=O) groups is 1. The lowest BCUT2D eigenvalue weighted by atomic mass is 10.2. The highest BCUT2D eigenvalue weighted by Crippen LogP contribution is 2.26. The third-order valence-corrected chi connectivity index (χ3v) is 6.70. The summed E-state index contributed by atoms with van der Waals surface area (Å²) in [5.74, 6) is -2.93. The maximum Gasteiger partial charge on any atom is 0.288 e. The topological polar surface area (TPSA) is 75.7 Å². The number of amides is 1. The van der Waals surface area contributed by atoms with Crippen molar-refractivity contribution in [3.63, 3.8) is 0 Å². The van der Waals surface area contributed by atoms with Crippen molar-refractivity contribution < 1.29 is 26.7 Å². The van der Waals surface area contributed by atoms with Crippen LogP contribution >= 0.6 is 11.8 Å². The molecule has 0 aliphatic carbocycles. The van der Waals surface area contributed by atoms with Crippen LogP contribution in [0.3, 0.4) is 0 Å². The van der Waals surface area contributed by atoms with Crippen LogP contribution in [0.2, 0.25) is 0 Å². The molecule has 1 amide bonds. The summed E-state index contributed by atoms with van der Waals surface area (Å²) >= 11 is 0.423. The van der Waals surface area contributed by atoms with Gasteiger partial charge < -0.3 is 10.1 Å². The number of halogens is 2. The van der Waals surface area contributed by atoms with Crippen molar-refractivity contribution in [3.05, 3.63) is 54.1 Å². The standard InChI is InChI=1S/C18H18F2N2O4S2/c19-18(20)27-15-5-3-14(4-6-15)21-17(23)13-1-7-16(8-2-13)28(24,25)22-9-11-26-12-10-22/h1-8,18H,9-12H2,(H,21,23). The van der Waals surface area contributed by atoms with Crippen LogP contribution < -0.4 is 5.32 Å². The lowest BCUT2D eigenvalue weighted by molar-refractivity contribution is 0.0730. The molecule has 0 saturated carbocycles. The first-order valence-electron chi connectivity index (χ1n) is 8.40. The molecule has 1 saturated heterocycles. The molecular weight excluding hydrogens is 410 g/mol. The highest BCUT2D eigenvalue weighted by Gasteiger charge is 2.26. The van der Waals surface area contributed by atoms with Gasteiger partial charge in [0, 0.05) is 29.2 Å². The van der Waals surface area contributed by atoms with Crippen LogP contribution in [-0.2, 0) is 14.8 Å². The number of nitrogens with zero attached hydrogens (tertiary/aromatic N) is 1. The zero-order valence-corrected chi connectivity index (χ0v) is 16.3. The van der Waals surface area contributed by atoms with Gasteiger partial charge in [0.2, 0.25) is 10.0 Å². The van der Waals surface area contributed by atoms with E-state index in [1.165, 1.54) is 52.8 Å². The van der Waals surface area contributed by atoms with Gasteiger partial charge in [-0.15, -0.1) is 0 Å². The van der Waals surface area contributed by atoms with E-state index in [0.29, 0.717) is 48.6 Å². The number of alkyl halides is 2. The van der Waals surface area contributed by atoms with Crippen LogP contribution in [0.5, 0.6) is 0 Å². The Morgan fingerprint density at radius 3 is 2.21 bits per heavy atom. The van der Waals surface area contributed by atoms with Crippen LogP contribution in [-0.4, -0.2) is 50.7 Å². The largest absolute Gasteiger partial charge is 0.379 e. The van der Waals surface area contributed by atoms with Gasteiger partial charge in [-0.2, -0.15) is 13.1 Å². The van der Waals surface area contributed by atoms with E-state index >= 15 is 0 Å². The van der Waals surface area contributed by atoms with E-state index in [4.69, 9.17) is 4.74 Å². The van der Waals surface area contributed by atoms with Crippen molar-refractivity contribution in [1.29, 1.82) is 0 Å². The molecule has 2 aromatic rings. The van der Waals surface area contributed by atoms with Crippen LogP contribution in [0.1, 0.15) is 10.4 Å². The molecule has 0 aromatic heterocycles. The number of nitrogens with one attached hydrogen (secondary N) is 1. The van der Waals surface area contributed by atoms with E-state index in [1.54, 1.807) is 0 Å². The van der Waals surface area contributed by atoms with Gasteiger partial charge in [-0.1, -0.05) is 11.8 Å². The fourth-order valence-electron chi connectivity index (χ4n) is 2.64. The van der Waals surface area contributed by atoms with Gasteiger partial charge in [0.1, 0.15) is 0 Å². The second-order valence-electron chi connectivity index (χ2n) is 5.90. The summed E-state index contributed by atoms with van der Waals surface area (Å²) in [4.78, 5) is 12.8. The Morgan fingerprint density at radius 1 is 1.04 bits per heavy atom. The van der Waals surface area contributed by atoms with Crippen LogP contribution in [0.15, 0.2) is 58.3 Å². The minimum Gasteiger partial charge on any atom is -0.379 e. The van der Waals surface area contributed by atoms with Gasteiger partial charge in [0.25, 0.3) is 11.7 Å². The van der Waals surface area contributed by atoms with Gasteiger partial charge >= 0.3 is 0 Å². The number of sulfonamides is 1. The van der Waals surface area contributed by atoms with Crippen molar-refractivity contribution in [2.75, 3.05) is 31.6 Å². The van der Waals surface area contributed by atoms with Gasteiger partial charge in [-0.05, 0) is 48.5 Å². The molecule has 3 rings (SSSR count). The van der Waals surface area contributed by atoms with E-state index in [-0.39, 0.29) is 10.5 Å². The number of ether oxygens (including phenoxy) is 1. The molecular formula is C18H18F2N2O4S2. The first kappa shape index (κ1) is 20.7. The molecule has 28 heavy (non-hydrogen) atoms. The SMILES string of the molecule is O=C(Nc1ccc(SC(F)F)cc1)c1ccc(S(=O)(=O)N2CCOCC2)cc1. The average molecular weight is 428 g/mol. The molecule has 0 radical (unpaired) electrons. The fraction of sp³-hybridized carbons (Fsp3) is 0.278. The smallest absolute Gasteiger partial charge is 0.288 e. The number of rotatable bonds is 6. The molecule has 1 N–H and O–H groups in total. The summed E-state index contributed by atoms with van der Waals surface area (Å²) in [5, 5.41) is 2.65. The number of benzene rings is 2. The Bertz CT molecular complexity index is 914. The first-order valence-corrected chi connectivity index (χ1v) is 10.7. The Kier molecular flexibility index (Phi) is 6.65. The number of morpholine rings is 1. The number of anilines is 1. The van der Waals surface area contributed by atoms with Crippen molar-refractivity contribution in [2.45, 2.75) is 15.5 Å². The van der Waals surface area contributed by atoms with E-state index < -0.39 is 21.7 Å². The third-order valence-electron chi connectivity index (χ3n) is 4.06. The number of hydrogen-bond acceptors (Lipinski definition) is 5. The summed E-state index contributed by atoms with van der Waals surface area (Å²) in [6.07, 6.45) is 0. The Balaban J connectivity index is 1.66. The van der Waals surface area contributed by atoms with Crippen molar-refractivity contribution in [2.24, 2.45) is 0 Å². The normalized spacial score (nSPS) is 15.5. The van der Waals surface area contributed by atoms with Crippen LogP contribution in [0.25, 0.3) is 0 Å². The highest BCUT2D eigenvalue weighted by molar-refractivity contribution is 7.99. The summed E-state index contributed by atoms with van der Waals surface area (Å²) in [5.41, 5.74) is 0.737. The Morgan fingerprint density at radius 2 is 1.64 bits per heavy atom. The Hall–Kier alpha value is -2.01. The van der Waals surface area contributed by atoms with E-state index in [9.17, 15) is 22.0 Å². The Labute approximate surface area is 165 Å². The summed E-state index contributed by atoms with van der Waals surface area (Å²) in [6, 6.07) is 11.7. The van der Waals surface area contributed by atoms with Gasteiger partial charge in [0.15, 0.2) is 0 Å². The number of carbonyl (C=O) groups excluding carboxylic acids is 1. The quantitative estimate of drug-likeness (QED) is 0.715. The third kappa shape index (κ3) is 5.07. The molecule has 6 nitrogen and oxygen atoms in total. The van der Waals surface area contributed by atoms with Crippen molar-refractivity contribution in [1.82, 2.24) is 4.31 Å². The predicted molar refractivity (Wildman–Crippen MR) is 102 cm³/mol. The second kappa shape index (κ2) is 8.99. The maximum absolute atomic E-state index is 12.6. The molecule has 0 spiro atoms. The lowest BCUT2D eigenvalue weighted by Crippen LogP contribution is -2.40. The molecule has 0 unspecified atom stereocenters. The molecule has 1 heterocycles.